The maximum Gasteiger partial charge on any atom is 0.256 e. The van der Waals surface area contributed by atoms with Gasteiger partial charge >= 0.3 is 0 Å². The van der Waals surface area contributed by atoms with Gasteiger partial charge in [0.15, 0.2) is 0 Å². The second-order valence-electron chi connectivity index (χ2n) is 7.65. The Bertz CT molecular complexity index is 841. The van der Waals surface area contributed by atoms with Gasteiger partial charge in [-0.25, -0.2) is 4.39 Å². The summed E-state index contributed by atoms with van der Waals surface area (Å²) in [5, 5.41) is 2.82. The average Bonchev–Trinajstić information content (AvgIpc) is 3.18. The molecule has 0 spiro atoms. The maximum absolute atomic E-state index is 13.8. The number of carbonyl (C=O) groups is 2. The molecule has 2 aromatic rings. The van der Waals surface area contributed by atoms with Crippen LogP contribution in [0.3, 0.4) is 0 Å². The third-order valence-electron chi connectivity index (χ3n) is 5.72. The molecule has 2 amide bonds. The molecule has 1 N–H and O–H groups in total. The van der Waals surface area contributed by atoms with Gasteiger partial charge in [-0.05, 0) is 55.5 Å². The summed E-state index contributed by atoms with van der Waals surface area (Å²) >= 11 is 0. The summed E-state index contributed by atoms with van der Waals surface area (Å²) in [6.45, 7) is 3.26. The Labute approximate surface area is 158 Å². The summed E-state index contributed by atoms with van der Waals surface area (Å²) in [6, 6.07) is 8.37. The van der Waals surface area contributed by atoms with E-state index in [4.69, 9.17) is 0 Å². The first kappa shape index (κ1) is 17.8. The minimum absolute atomic E-state index is 0.00433. The van der Waals surface area contributed by atoms with Gasteiger partial charge in [0.25, 0.3) is 5.91 Å². The lowest BCUT2D eigenvalue weighted by Crippen LogP contribution is -2.39. The monoisotopic (exact) mass is 369 g/mol. The number of anilines is 1. The molecule has 1 saturated carbocycles. The molecule has 0 radical (unpaired) electrons. The molecule has 27 heavy (non-hydrogen) atoms. The molecule has 2 heterocycles. The predicted octanol–water partition coefficient (Wildman–Crippen LogP) is 3.70. The molecule has 2 atom stereocenters. The maximum atomic E-state index is 13.8. The largest absolute Gasteiger partial charge is 0.351 e. The van der Waals surface area contributed by atoms with E-state index in [-0.39, 0.29) is 23.3 Å². The number of amides is 2. The van der Waals surface area contributed by atoms with Gasteiger partial charge in [-0.1, -0.05) is 6.92 Å². The van der Waals surface area contributed by atoms with Gasteiger partial charge in [-0.15, -0.1) is 0 Å². The number of carbonyl (C=O) groups excluding carboxylic acids is 2. The van der Waals surface area contributed by atoms with Crippen LogP contribution in [0.5, 0.6) is 0 Å². The number of piperidine rings is 1. The lowest BCUT2D eigenvalue weighted by atomic mass is 10.0. The second kappa shape index (κ2) is 7.18. The molecular formula is C21H24FN3O2. The molecule has 1 aliphatic carbocycles. The van der Waals surface area contributed by atoms with Crippen molar-refractivity contribution in [2.45, 2.75) is 32.2 Å². The molecule has 0 bridgehead atoms. The van der Waals surface area contributed by atoms with Crippen molar-refractivity contribution in [1.29, 1.82) is 0 Å². The molecule has 5 nitrogen and oxygen atoms in total. The molecule has 2 fully saturated rings. The molecule has 6 heteroatoms. The first-order chi connectivity index (χ1) is 13.0. The van der Waals surface area contributed by atoms with Crippen molar-refractivity contribution in [3.05, 3.63) is 54.1 Å². The van der Waals surface area contributed by atoms with E-state index in [0.717, 1.165) is 19.3 Å². The van der Waals surface area contributed by atoms with Crippen LogP contribution < -0.4 is 5.32 Å². The van der Waals surface area contributed by atoms with Gasteiger partial charge in [0, 0.05) is 37.4 Å². The highest BCUT2D eigenvalue weighted by Gasteiger charge is 2.39. The van der Waals surface area contributed by atoms with E-state index in [1.165, 1.54) is 18.2 Å². The van der Waals surface area contributed by atoms with Crippen LogP contribution in [0.1, 0.15) is 42.6 Å². The quantitative estimate of drug-likeness (QED) is 0.893. The number of halogens is 1. The summed E-state index contributed by atoms with van der Waals surface area (Å²) in [7, 11) is 0. The normalized spacial score (nSPS) is 22.5. The zero-order chi connectivity index (χ0) is 19.0. The topological polar surface area (TPSA) is 54.3 Å². The van der Waals surface area contributed by atoms with E-state index in [2.05, 4.69) is 9.88 Å². The Hall–Kier alpha value is -2.63. The third-order valence-corrected chi connectivity index (χ3v) is 5.72. The fourth-order valence-electron chi connectivity index (χ4n) is 3.84. The van der Waals surface area contributed by atoms with E-state index < -0.39 is 5.82 Å². The first-order valence-corrected chi connectivity index (χ1v) is 9.55. The average molecular weight is 369 g/mol. The number of benzene rings is 1. The molecule has 1 saturated heterocycles. The summed E-state index contributed by atoms with van der Waals surface area (Å²) in [5.74, 6) is -0.417. The van der Waals surface area contributed by atoms with Gasteiger partial charge in [0.05, 0.1) is 11.3 Å². The fourth-order valence-corrected chi connectivity index (χ4v) is 3.84. The highest BCUT2D eigenvalue weighted by molar-refractivity contribution is 6.04. The van der Waals surface area contributed by atoms with E-state index in [0.29, 0.717) is 30.7 Å². The Morgan fingerprint density at radius 3 is 2.44 bits per heavy atom. The van der Waals surface area contributed by atoms with Crippen LogP contribution in [0, 0.1) is 17.7 Å². The van der Waals surface area contributed by atoms with Crippen molar-refractivity contribution in [3.63, 3.8) is 0 Å². The minimum Gasteiger partial charge on any atom is -0.351 e. The number of hydrogen-bond acceptors (Lipinski definition) is 2. The molecule has 0 unspecified atom stereocenters. The van der Waals surface area contributed by atoms with Crippen molar-refractivity contribution < 1.29 is 14.0 Å². The summed E-state index contributed by atoms with van der Waals surface area (Å²) < 4.78 is 16.0. The van der Waals surface area contributed by atoms with Crippen molar-refractivity contribution in [2.24, 2.45) is 11.8 Å². The Morgan fingerprint density at radius 1 is 1.15 bits per heavy atom. The van der Waals surface area contributed by atoms with Crippen molar-refractivity contribution in [2.75, 3.05) is 18.4 Å². The van der Waals surface area contributed by atoms with Crippen LogP contribution >= 0.6 is 0 Å². The SMILES string of the molecule is C[C@@H]1C[C@H]1C(=O)Nc1ccc(F)cc1C(=O)N1CCC(n2cccc2)CC1. The van der Waals surface area contributed by atoms with E-state index in [1.54, 1.807) is 4.90 Å². The number of aromatic nitrogens is 1. The zero-order valence-corrected chi connectivity index (χ0v) is 15.4. The van der Waals surface area contributed by atoms with Crippen LogP contribution in [0.25, 0.3) is 0 Å². The second-order valence-corrected chi connectivity index (χ2v) is 7.65. The lowest BCUT2D eigenvalue weighted by Gasteiger charge is -2.33. The summed E-state index contributed by atoms with van der Waals surface area (Å²) in [4.78, 5) is 27.0. The van der Waals surface area contributed by atoms with Crippen LogP contribution in [-0.4, -0.2) is 34.4 Å². The number of hydrogen-bond donors (Lipinski definition) is 1. The molecule has 142 valence electrons. The molecule has 2 aliphatic rings. The smallest absolute Gasteiger partial charge is 0.256 e. The number of rotatable bonds is 4. The fraction of sp³-hybridized carbons (Fsp3) is 0.429. The van der Waals surface area contributed by atoms with Crippen LogP contribution in [-0.2, 0) is 4.79 Å². The van der Waals surface area contributed by atoms with Gasteiger partial charge in [0.1, 0.15) is 5.82 Å². The van der Waals surface area contributed by atoms with Crippen molar-refractivity contribution >= 4 is 17.5 Å². The van der Waals surface area contributed by atoms with Gasteiger partial charge in [0.2, 0.25) is 5.91 Å². The lowest BCUT2D eigenvalue weighted by molar-refractivity contribution is -0.117. The van der Waals surface area contributed by atoms with E-state index >= 15 is 0 Å². The minimum atomic E-state index is -0.474. The molecule has 1 aromatic carbocycles. The van der Waals surface area contributed by atoms with Crippen LogP contribution in [0.4, 0.5) is 10.1 Å². The molecular weight excluding hydrogens is 345 g/mol. The molecule has 1 aliphatic heterocycles. The van der Waals surface area contributed by atoms with Crippen molar-refractivity contribution in [3.8, 4) is 0 Å². The number of likely N-dealkylation sites (tertiary alicyclic amines) is 1. The summed E-state index contributed by atoms with van der Waals surface area (Å²) in [6.07, 6.45) is 6.67. The summed E-state index contributed by atoms with van der Waals surface area (Å²) in [5.41, 5.74) is 0.633. The Kier molecular flexibility index (Phi) is 4.72. The van der Waals surface area contributed by atoms with Gasteiger partial charge in [-0.2, -0.15) is 0 Å². The van der Waals surface area contributed by atoms with Crippen molar-refractivity contribution in [1.82, 2.24) is 9.47 Å². The van der Waals surface area contributed by atoms with Gasteiger partial charge < -0.3 is 14.8 Å². The third kappa shape index (κ3) is 3.75. The van der Waals surface area contributed by atoms with E-state index in [9.17, 15) is 14.0 Å². The van der Waals surface area contributed by atoms with Crippen LogP contribution in [0.15, 0.2) is 42.7 Å². The Balaban J connectivity index is 1.46. The molecule has 4 rings (SSSR count). The van der Waals surface area contributed by atoms with Gasteiger partial charge in [-0.3, -0.25) is 9.59 Å². The number of nitrogens with one attached hydrogen (secondary N) is 1. The number of nitrogens with zero attached hydrogens (tertiary/aromatic N) is 2. The molecule has 1 aromatic heterocycles. The highest BCUT2D eigenvalue weighted by Crippen LogP contribution is 2.38. The first-order valence-electron chi connectivity index (χ1n) is 9.55. The standard InChI is InChI=1S/C21H24FN3O2/c1-14-12-17(14)20(26)23-19-5-4-15(22)13-18(19)21(27)25-10-6-16(7-11-25)24-8-2-3-9-24/h2-5,8-9,13-14,16-17H,6-7,10-12H2,1H3,(H,23,26)/t14-,17-/m1/s1. The van der Waals surface area contributed by atoms with Crippen LogP contribution in [0.2, 0.25) is 0 Å². The Morgan fingerprint density at radius 2 is 1.81 bits per heavy atom. The highest BCUT2D eigenvalue weighted by atomic mass is 19.1. The zero-order valence-electron chi connectivity index (χ0n) is 15.4. The predicted molar refractivity (Wildman–Crippen MR) is 101 cm³/mol. The van der Waals surface area contributed by atoms with E-state index in [1.807, 2.05) is 31.5 Å².